The highest BCUT2D eigenvalue weighted by molar-refractivity contribution is 5.82. The van der Waals surface area contributed by atoms with Gasteiger partial charge in [-0.15, -0.1) is 0 Å². The van der Waals surface area contributed by atoms with Gasteiger partial charge in [0.25, 0.3) is 0 Å². The van der Waals surface area contributed by atoms with Crippen molar-refractivity contribution in [1.29, 1.82) is 5.26 Å². The topological polar surface area (TPSA) is 27.0 Å². The Morgan fingerprint density at radius 3 is 1.51 bits per heavy atom. The molecule has 0 radical (unpaired) electrons. The van der Waals surface area contributed by atoms with Crippen molar-refractivity contribution in [2.75, 3.05) is 19.6 Å². The number of benzene rings is 4. The van der Waals surface area contributed by atoms with E-state index in [1.54, 1.807) is 5.57 Å². The van der Waals surface area contributed by atoms with Crippen molar-refractivity contribution in [3.8, 4) is 6.07 Å². The number of nitrogens with zero attached hydrogens (tertiary/aromatic N) is 2. The third-order valence-corrected chi connectivity index (χ3v) is 7.69. The summed E-state index contributed by atoms with van der Waals surface area (Å²) in [5, 5.41) is 10.5. The Morgan fingerprint density at radius 2 is 1.08 bits per heavy atom. The van der Waals surface area contributed by atoms with Gasteiger partial charge < -0.3 is 4.90 Å². The van der Waals surface area contributed by atoms with Crippen molar-refractivity contribution in [2.45, 2.75) is 31.1 Å². The molecule has 2 heteroatoms. The van der Waals surface area contributed by atoms with E-state index in [9.17, 15) is 5.26 Å². The first kappa shape index (κ1) is 24.8. The molecule has 37 heavy (non-hydrogen) atoms. The van der Waals surface area contributed by atoms with Gasteiger partial charge in [-0.1, -0.05) is 127 Å². The second-order valence-electron chi connectivity index (χ2n) is 9.90. The molecule has 0 spiro atoms. The molecule has 1 heterocycles. The minimum atomic E-state index is -0.614. The molecule has 1 saturated heterocycles. The summed E-state index contributed by atoms with van der Waals surface area (Å²) in [5.74, 6) is 0. The molecule has 184 valence electrons. The molecule has 0 unspecified atom stereocenters. The second kappa shape index (κ2) is 11.9. The van der Waals surface area contributed by atoms with Crippen LogP contribution in [0.5, 0.6) is 0 Å². The molecule has 1 fully saturated rings. The van der Waals surface area contributed by atoms with E-state index >= 15 is 0 Å². The van der Waals surface area contributed by atoms with Crippen LogP contribution in [0.3, 0.4) is 0 Å². The predicted octanol–water partition coefficient (Wildman–Crippen LogP) is 7.87. The number of piperidine rings is 1. The lowest BCUT2D eigenvalue weighted by molar-refractivity contribution is 0.248. The molecule has 0 atom stereocenters. The Bertz CT molecular complexity index is 1250. The van der Waals surface area contributed by atoms with Crippen LogP contribution in [0.1, 0.15) is 47.9 Å². The summed E-state index contributed by atoms with van der Waals surface area (Å²) in [6, 6.07) is 45.0. The van der Waals surface area contributed by atoms with Crippen LogP contribution in [-0.2, 0) is 5.41 Å². The smallest absolute Gasteiger partial charge is 0.107 e. The standard InChI is InChI=1S/C35H34N2/c36-28-35(32-18-9-3-10-19-32,33-20-11-4-12-21-33)24-13-25-37-26-22-31(23-27-37)34(29-14-5-1-6-15-29)30-16-7-2-8-17-30/h1-12,14-21H,13,22-27H2. The summed E-state index contributed by atoms with van der Waals surface area (Å²) in [7, 11) is 0. The van der Waals surface area contributed by atoms with Gasteiger partial charge in [-0.2, -0.15) is 5.26 Å². The van der Waals surface area contributed by atoms with Gasteiger partial charge in [0, 0.05) is 13.1 Å². The number of likely N-dealkylation sites (tertiary alicyclic amines) is 1. The van der Waals surface area contributed by atoms with Crippen LogP contribution in [0.15, 0.2) is 127 Å². The van der Waals surface area contributed by atoms with Crippen LogP contribution in [0.25, 0.3) is 5.57 Å². The molecule has 4 aromatic carbocycles. The number of nitriles is 1. The highest BCUT2D eigenvalue weighted by Crippen LogP contribution is 2.37. The van der Waals surface area contributed by atoms with E-state index in [1.807, 2.05) is 36.4 Å². The number of hydrogen-bond acceptors (Lipinski definition) is 2. The summed E-state index contributed by atoms with van der Waals surface area (Å²) in [4.78, 5) is 2.58. The van der Waals surface area contributed by atoms with Crippen LogP contribution in [-0.4, -0.2) is 24.5 Å². The Balaban J connectivity index is 1.29. The Hall–Kier alpha value is -3.93. The van der Waals surface area contributed by atoms with Gasteiger partial charge >= 0.3 is 0 Å². The normalized spacial score (nSPS) is 14.2. The molecule has 1 aliphatic rings. The molecular weight excluding hydrogens is 448 g/mol. The van der Waals surface area contributed by atoms with Crippen LogP contribution in [0.2, 0.25) is 0 Å². The fourth-order valence-corrected chi connectivity index (χ4v) is 5.73. The molecule has 1 aliphatic heterocycles. The number of rotatable bonds is 8. The fourth-order valence-electron chi connectivity index (χ4n) is 5.73. The molecule has 0 saturated carbocycles. The minimum absolute atomic E-state index is 0.614. The third-order valence-electron chi connectivity index (χ3n) is 7.69. The van der Waals surface area contributed by atoms with Gasteiger partial charge in [0.05, 0.1) is 6.07 Å². The van der Waals surface area contributed by atoms with Crippen molar-refractivity contribution >= 4 is 5.57 Å². The van der Waals surface area contributed by atoms with E-state index in [0.717, 1.165) is 56.4 Å². The average Bonchev–Trinajstić information content (AvgIpc) is 2.98. The maximum atomic E-state index is 10.5. The van der Waals surface area contributed by atoms with Crippen LogP contribution < -0.4 is 0 Å². The van der Waals surface area contributed by atoms with E-state index < -0.39 is 5.41 Å². The second-order valence-corrected chi connectivity index (χ2v) is 9.90. The third kappa shape index (κ3) is 5.58. The van der Waals surface area contributed by atoms with Gasteiger partial charge in [-0.05, 0) is 60.1 Å². The maximum Gasteiger partial charge on any atom is 0.107 e. The summed E-state index contributed by atoms with van der Waals surface area (Å²) in [6.07, 6.45) is 3.97. The van der Waals surface area contributed by atoms with E-state index in [-0.39, 0.29) is 0 Å². The number of hydrogen-bond donors (Lipinski definition) is 0. The van der Waals surface area contributed by atoms with Gasteiger partial charge in [0.2, 0.25) is 0 Å². The zero-order valence-corrected chi connectivity index (χ0v) is 21.4. The quantitative estimate of drug-likeness (QED) is 0.255. The summed E-state index contributed by atoms with van der Waals surface area (Å²) >= 11 is 0. The molecule has 0 aromatic heterocycles. The van der Waals surface area contributed by atoms with E-state index in [2.05, 4.69) is 95.9 Å². The van der Waals surface area contributed by atoms with Crippen molar-refractivity contribution in [3.63, 3.8) is 0 Å². The van der Waals surface area contributed by atoms with E-state index in [0.29, 0.717) is 0 Å². The molecule has 4 aromatic rings. The zero-order chi connectivity index (χ0) is 25.3. The summed E-state index contributed by atoms with van der Waals surface area (Å²) in [6.45, 7) is 3.14. The first-order valence-corrected chi connectivity index (χ1v) is 13.4. The van der Waals surface area contributed by atoms with E-state index in [4.69, 9.17) is 0 Å². The Kier molecular flexibility index (Phi) is 7.94. The van der Waals surface area contributed by atoms with Crippen molar-refractivity contribution in [1.82, 2.24) is 4.90 Å². The van der Waals surface area contributed by atoms with Crippen LogP contribution in [0, 0.1) is 11.3 Å². The molecule has 0 bridgehead atoms. The first-order valence-electron chi connectivity index (χ1n) is 13.4. The fraction of sp³-hybridized carbons (Fsp3) is 0.229. The molecule has 0 amide bonds. The molecule has 0 aliphatic carbocycles. The SMILES string of the molecule is N#CC(CCCN1CCC(=C(c2ccccc2)c2ccccc2)CC1)(c1ccccc1)c1ccccc1. The van der Waals surface area contributed by atoms with Gasteiger partial charge in [-0.25, -0.2) is 0 Å². The van der Waals surface area contributed by atoms with Gasteiger partial charge in [-0.3, -0.25) is 0 Å². The lowest BCUT2D eigenvalue weighted by Gasteiger charge is -2.32. The molecule has 2 nitrogen and oxygen atoms in total. The minimum Gasteiger partial charge on any atom is -0.303 e. The molecule has 5 rings (SSSR count). The lowest BCUT2D eigenvalue weighted by atomic mass is 9.72. The molecule has 0 N–H and O–H groups in total. The Labute approximate surface area is 221 Å². The van der Waals surface area contributed by atoms with Gasteiger partial charge in [0.1, 0.15) is 5.41 Å². The zero-order valence-electron chi connectivity index (χ0n) is 21.4. The molecular formula is C35H34N2. The average molecular weight is 483 g/mol. The lowest BCUT2D eigenvalue weighted by Crippen LogP contribution is -2.33. The van der Waals surface area contributed by atoms with E-state index in [1.165, 1.54) is 16.7 Å². The van der Waals surface area contributed by atoms with Crippen LogP contribution in [0.4, 0.5) is 0 Å². The summed E-state index contributed by atoms with van der Waals surface area (Å²) < 4.78 is 0. The Morgan fingerprint density at radius 1 is 0.649 bits per heavy atom. The van der Waals surface area contributed by atoms with Crippen LogP contribution >= 0.6 is 0 Å². The van der Waals surface area contributed by atoms with Crippen molar-refractivity contribution in [2.24, 2.45) is 0 Å². The van der Waals surface area contributed by atoms with Crippen molar-refractivity contribution in [3.05, 3.63) is 149 Å². The summed E-state index contributed by atoms with van der Waals surface area (Å²) in [5.41, 5.74) is 7.12. The highest BCUT2D eigenvalue weighted by atomic mass is 15.1. The predicted molar refractivity (Wildman–Crippen MR) is 153 cm³/mol. The maximum absolute atomic E-state index is 10.5. The van der Waals surface area contributed by atoms with Gasteiger partial charge in [0.15, 0.2) is 0 Å². The van der Waals surface area contributed by atoms with Crippen molar-refractivity contribution < 1.29 is 0 Å². The first-order chi connectivity index (χ1) is 18.3. The largest absolute Gasteiger partial charge is 0.303 e. The highest BCUT2D eigenvalue weighted by Gasteiger charge is 2.34. The monoisotopic (exact) mass is 482 g/mol.